The summed E-state index contributed by atoms with van der Waals surface area (Å²) < 4.78 is 0. The van der Waals surface area contributed by atoms with Gasteiger partial charge >= 0.3 is 0 Å². The number of rotatable bonds is 2. The summed E-state index contributed by atoms with van der Waals surface area (Å²) in [5, 5.41) is 0. The van der Waals surface area contributed by atoms with Gasteiger partial charge in [-0.2, -0.15) is 0 Å². The van der Waals surface area contributed by atoms with Crippen LogP contribution in [0.4, 0.5) is 11.4 Å². The van der Waals surface area contributed by atoms with E-state index in [2.05, 4.69) is 6.07 Å². The lowest BCUT2D eigenvalue weighted by Gasteiger charge is -2.23. The first-order valence-electron chi connectivity index (χ1n) is 8.68. The number of carbonyl (C=O) groups excluding carboxylic acids is 2. The molecule has 0 aromatic heterocycles. The van der Waals surface area contributed by atoms with Gasteiger partial charge in [0.2, 0.25) is 5.91 Å². The minimum Gasteiger partial charge on any atom is -0.312 e. The Morgan fingerprint density at radius 2 is 1.88 bits per heavy atom. The standard InChI is InChI=1S/C20H20N2O2S/c23-19-10-4-11-21(19)16-7-3-6-15(14-16)20(24)22-12-5-13-25-18-9-2-1-8-17(18)22/h1-3,6-9,14H,4-5,10-13H2. The molecule has 0 atom stereocenters. The topological polar surface area (TPSA) is 40.6 Å². The van der Waals surface area contributed by atoms with Crippen LogP contribution >= 0.6 is 11.8 Å². The van der Waals surface area contributed by atoms with Gasteiger partial charge in [0, 0.05) is 35.7 Å². The van der Waals surface area contributed by atoms with Gasteiger partial charge in [-0.05, 0) is 48.9 Å². The Hall–Kier alpha value is -2.27. The zero-order valence-corrected chi connectivity index (χ0v) is 14.8. The second-order valence-corrected chi connectivity index (χ2v) is 7.46. The quantitative estimate of drug-likeness (QED) is 0.821. The largest absolute Gasteiger partial charge is 0.312 e. The van der Waals surface area contributed by atoms with Crippen LogP contribution in [-0.4, -0.2) is 30.7 Å². The number of hydrogen-bond acceptors (Lipinski definition) is 3. The minimum absolute atomic E-state index is 0.00319. The van der Waals surface area contributed by atoms with Crippen LogP contribution in [0.15, 0.2) is 53.4 Å². The van der Waals surface area contributed by atoms with Crippen LogP contribution in [0.3, 0.4) is 0 Å². The SMILES string of the molecule is O=C1CCCN1c1cccc(C(=O)N2CCCSc3ccccc32)c1. The summed E-state index contributed by atoms with van der Waals surface area (Å²) in [5.41, 5.74) is 2.45. The Morgan fingerprint density at radius 1 is 1.00 bits per heavy atom. The Kier molecular flexibility index (Phi) is 4.49. The van der Waals surface area contributed by atoms with Gasteiger partial charge in [-0.3, -0.25) is 9.59 Å². The molecule has 4 rings (SSSR count). The van der Waals surface area contributed by atoms with Gasteiger partial charge in [0.25, 0.3) is 5.91 Å². The molecule has 2 aromatic rings. The second-order valence-electron chi connectivity index (χ2n) is 6.33. The predicted octanol–water partition coefficient (Wildman–Crippen LogP) is 3.96. The van der Waals surface area contributed by atoms with Crippen LogP contribution in [0, 0.1) is 0 Å². The van der Waals surface area contributed by atoms with Crippen LogP contribution in [0.25, 0.3) is 0 Å². The molecule has 5 heteroatoms. The van der Waals surface area contributed by atoms with E-state index in [0.29, 0.717) is 12.0 Å². The van der Waals surface area contributed by atoms with Gasteiger partial charge in [0.15, 0.2) is 0 Å². The summed E-state index contributed by atoms with van der Waals surface area (Å²) in [4.78, 5) is 30.0. The Bertz CT molecular complexity index is 821. The van der Waals surface area contributed by atoms with Crippen molar-refractivity contribution in [2.45, 2.75) is 24.2 Å². The first-order chi connectivity index (χ1) is 12.2. The van der Waals surface area contributed by atoms with Crippen LogP contribution < -0.4 is 9.80 Å². The molecule has 0 bridgehead atoms. The fourth-order valence-corrected chi connectivity index (χ4v) is 4.42. The Labute approximate surface area is 151 Å². The van der Waals surface area contributed by atoms with Crippen molar-refractivity contribution in [1.82, 2.24) is 0 Å². The maximum Gasteiger partial charge on any atom is 0.258 e. The minimum atomic E-state index is 0.00319. The van der Waals surface area contributed by atoms with Crippen LogP contribution in [-0.2, 0) is 4.79 Å². The number of para-hydroxylation sites is 1. The zero-order valence-electron chi connectivity index (χ0n) is 14.0. The van der Waals surface area contributed by atoms with Crippen LogP contribution in [0.1, 0.15) is 29.6 Å². The molecule has 128 valence electrons. The van der Waals surface area contributed by atoms with Crippen molar-refractivity contribution in [3.8, 4) is 0 Å². The second kappa shape index (κ2) is 6.92. The van der Waals surface area contributed by atoms with E-state index in [1.165, 1.54) is 0 Å². The number of hydrogen-bond donors (Lipinski definition) is 0. The smallest absolute Gasteiger partial charge is 0.258 e. The molecule has 1 fully saturated rings. The number of fused-ring (bicyclic) bond motifs is 1. The lowest BCUT2D eigenvalue weighted by Crippen LogP contribution is -2.32. The summed E-state index contributed by atoms with van der Waals surface area (Å²) >= 11 is 1.80. The van der Waals surface area contributed by atoms with Crippen molar-refractivity contribution < 1.29 is 9.59 Å². The van der Waals surface area contributed by atoms with E-state index in [-0.39, 0.29) is 11.8 Å². The molecule has 0 N–H and O–H groups in total. The average Bonchev–Trinajstić information content (AvgIpc) is 2.96. The lowest BCUT2D eigenvalue weighted by molar-refractivity contribution is -0.117. The molecule has 0 saturated carbocycles. The molecule has 4 nitrogen and oxygen atoms in total. The highest BCUT2D eigenvalue weighted by atomic mass is 32.2. The molecule has 0 radical (unpaired) electrons. The van der Waals surface area contributed by atoms with Crippen molar-refractivity contribution in [2.24, 2.45) is 0 Å². The highest BCUT2D eigenvalue weighted by molar-refractivity contribution is 7.99. The van der Waals surface area contributed by atoms with Crippen molar-refractivity contribution in [1.29, 1.82) is 0 Å². The summed E-state index contributed by atoms with van der Waals surface area (Å²) in [6.07, 6.45) is 2.44. The van der Waals surface area contributed by atoms with Gasteiger partial charge in [-0.25, -0.2) is 0 Å². The number of anilines is 2. The van der Waals surface area contributed by atoms with Crippen molar-refractivity contribution >= 4 is 35.0 Å². The molecule has 2 aliphatic rings. The maximum absolute atomic E-state index is 13.2. The molecule has 2 heterocycles. The van der Waals surface area contributed by atoms with Crippen molar-refractivity contribution in [3.05, 3.63) is 54.1 Å². The zero-order chi connectivity index (χ0) is 17.2. The molecule has 2 aromatic carbocycles. The van der Waals surface area contributed by atoms with E-state index < -0.39 is 0 Å². The number of amides is 2. The van der Waals surface area contributed by atoms with E-state index >= 15 is 0 Å². The third kappa shape index (κ3) is 3.16. The van der Waals surface area contributed by atoms with E-state index in [0.717, 1.165) is 48.0 Å². The van der Waals surface area contributed by atoms with Gasteiger partial charge in [0.05, 0.1) is 5.69 Å². The summed E-state index contributed by atoms with van der Waals surface area (Å²) in [7, 11) is 0. The van der Waals surface area contributed by atoms with Crippen molar-refractivity contribution in [2.75, 3.05) is 28.6 Å². The molecule has 2 aliphatic heterocycles. The normalized spacial score (nSPS) is 17.4. The average molecular weight is 352 g/mol. The molecule has 0 spiro atoms. The number of benzene rings is 2. The van der Waals surface area contributed by atoms with E-state index in [9.17, 15) is 9.59 Å². The lowest BCUT2D eigenvalue weighted by atomic mass is 10.1. The number of thioether (sulfide) groups is 1. The third-order valence-corrected chi connectivity index (χ3v) is 5.81. The van der Waals surface area contributed by atoms with Gasteiger partial charge < -0.3 is 9.80 Å². The molecule has 25 heavy (non-hydrogen) atoms. The number of nitrogens with zero attached hydrogens (tertiary/aromatic N) is 2. The highest BCUT2D eigenvalue weighted by Crippen LogP contribution is 2.34. The molecular formula is C20H20N2O2S. The summed E-state index contributed by atoms with van der Waals surface area (Å²) in [5.74, 6) is 1.16. The van der Waals surface area contributed by atoms with Crippen LogP contribution in [0.2, 0.25) is 0 Å². The Morgan fingerprint density at radius 3 is 2.72 bits per heavy atom. The van der Waals surface area contributed by atoms with Gasteiger partial charge in [-0.1, -0.05) is 18.2 Å². The molecule has 0 unspecified atom stereocenters. The van der Waals surface area contributed by atoms with Gasteiger partial charge in [0.1, 0.15) is 0 Å². The van der Waals surface area contributed by atoms with Gasteiger partial charge in [-0.15, -0.1) is 11.8 Å². The first kappa shape index (κ1) is 16.2. The van der Waals surface area contributed by atoms with E-state index in [1.54, 1.807) is 16.7 Å². The Balaban J connectivity index is 1.66. The summed E-state index contributed by atoms with van der Waals surface area (Å²) in [6, 6.07) is 15.5. The third-order valence-electron chi connectivity index (χ3n) is 4.66. The number of carbonyl (C=O) groups is 2. The molecule has 2 amide bonds. The first-order valence-corrected chi connectivity index (χ1v) is 9.67. The summed E-state index contributed by atoms with van der Waals surface area (Å²) in [6.45, 7) is 1.45. The fourth-order valence-electron chi connectivity index (χ4n) is 3.42. The molecule has 1 saturated heterocycles. The molecule has 0 aliphatic carbocycles. The maximum atomic E-state index is 13.2. The molecular weight excluding hydrogens is 332 g/mol. The highest BCUT2D eigenvalue weighted by Gasteiger charge is 2.25. The fraction of sp³-hybridized carbons (Fsp3) is 0.300. The predicted molar refractivity (Wildman–Crippen MR) is 101 cm³/mol. The van der Waals surface area contributed by atoms with Crippen molar-refractivity contribution in [3.63, 3.8) is 0 Å². The van der Waals surface area contributed by atoms with E-state index in [4.69, 9.17) is 0 Å². The monoisotopic (exact) mass is 352 g/mol. The van der Waals surface area contributed by atoms with Crippen LogP contribution in [0.5, 0.6) is 0 Å². The van der Waals surface area contributed by atoms with E-state index in [1.807, 2.05) is 47.4 Å².